The molecule has 330 valence electrons. The van der Waals surface area contributed by atoms with Crippen molar-refractivity contribution in [3.05, 3.63) is 12.3 Å². The standard InChI is InChI=1S/C43H74N6O9/c1-29(2)20-16-14-12-10-8-9-11-13-15-17-23-36(51)47(7)38(30(3)4)41(56)45-32(6)42(57)49-27-19-22-35(49)40(55)44-31(5)39(54)46-34(24-25-37(52)53)43(58)48-26-18-21-33(48)28-50/h29-31,33-35,38,50H,6,8-28H2,1-5,7H3,(H,44,55)(H,45,56)(H,46,54)(H,52,53). The lowest BCUT2D eigenvalue weighted by molar-refractivity contribution is -0.142. The Labute approximate surface area is 346 Å². The molecule has 2 aliphatic heterocycles. The molecule has 5 atom stereocenters. The number of likely N-dealkylation sites (N-methyl/N-ethyl adjacent to an activating group) is 1. The van der Waals surface area contributed by atoms with Gasteiger partial charge in [0.25, 0.3) is 5.91 Å². The molecule has 2 rings (SSSR count). The highest BCUT2D eigenvalue weighted by atomic mass is 16.4. The number of rotatable bonds is 27. The van der Waals surface area contributed by atoms with Crippen LogP contribution in [-0.4, -0.2) is 123 Å². The summed E-state index contributed by atoms with van der Waals surface area (Å²) in [7, 11) is 1.60. The lowest BCUT2D eigenvalue weighted by atomic mass is 10.0. The molecule has 0 spiro atoms. The summed E-state index contributed by atoms with van der Waals surface area (Å²) in [6.07, 6.45) is 14.7. The lowest BCUT2D eigenvalue weighted by Crippen LogP contribution is -2.57. The minimum absolute atomic E-state index is 0.149. The third-order valence-electron chi connectivity index (χ3n) is 11.4. The summed E-state index contributed by atoms with van der Waals surface area (Å²) >= 11 is 0. The van der Waals surface area contributed by atoms with Crippen LogP contribution in [0.1, 0.15) is 150 Å². The van der Waals surface area contributed by atoms with E-state index < -0.39 is 65.7 Å². The zero-order valence-electron chi connectivity index (χ0n) is 36.2. The van der Waals surface area contributed by atoms with Gasteiger partial charge in [-0.2, -0.15) is 0 Å². The molecular weight excluding hydrogens is 745 g/mol. The van der Waals surface area contributed by atoms with Crippen LogP contribution in [0.4, 0.5) is 0 Å². The summed E-state index contributed by atoms with van der Waals surface area (Å²) in [5.74, 6) is -3.80. The molecule has 15 nitrogen and oxygen atoms in total. The minimum atomic E-state index is -1.17. The molecule has 0 aromatic carbocycles. The van der Waals surface area contributed by atoms with Crippen molar-refractivity contribution in [2.45, 2.75) is 180 Å². The average Bonchev–Trinajstić information content (AvgIpc) is 3.86. The van der Waals surface area contributed by atoms with Gasteiger partial charge in [0.2, 0.25) is 29.5 Å². The van der Waals surface area contributed by atoms with Crippen molar-refractivity contribution >= 4 is 41.4 Å². The fraction of sp³-hybridized carbons (Fsp3) is 0.791. The molecule has 15 heteroatoms. The summed E-state index contributed by atoms with van der Waals surface area (Å²) in [5, 5.41) is 26.7. The van der Waals surface area contributed by atoms with Gasteiger partial charge in [-0.15, -0.1) is 0 Å². The molecule has 0 aliphatic carbocycles. The molecule has 0 bridgehead atoms. The van der Waals surface area contributed by atoms with E-state index in [-0.39, 0.29) is 43.5 Å². The largest absolute Gasteiger partial charge is 0.481 e. The van der Waals surface area contributed by atoms with Crippen molar-refractivity contribution in [2.75, 3.05) is 26.7 Å². The molecule has 2 saturated heterocycles. The normalized spacial score (nSPS) is 18.2. The molecule has 5 N–H and O–H groups in total. The Morgan fingerprint density at radius 3 is 1.88 bits per heavy atom. The number of aliphatic hydroxyl groups excluding tert-OH is 1. The Bertz CT molecular complexity index is 1390. The van der Waals surface area contributed by atoms with Gasteiger partial charge < -0.3 is 40.9 Å². The van der Waals surface area contributed by atoms with E-state index in [9.17, 15) is 43.8 Å². The van der Waals surface area contributed by atoms with E-state index >= 15 is 0 Å². The maximum absolute atomic E-state index is 13.5. The highest BCUT2D eigenvalue weighted by molar-refractivity contribution is 6.01. The highest BCUT2D eigenvalue weighted by Gasteiger charge is 2.39. The van der Waals surface area contributed by atoms with Gasteiger partial charge in [-0.05, 0) is 57.3 Å². The van der Waals surface area contributed by atoms with Crippen LogP contribution in [-0.2, 0) is 33.6 Å². The first kappa shape index (κ1) is 50.1. The quantitative estimate of drug-likeness (QED) is 0.0592. The third kappa shape index (κ3) is 16.7. The van der Waals surface area contributed by atoms with Gasteiger partial charge in [0.15, 0.2) is 0 Å². The summed E-state index contributed by atoms with van der Waals surface area (Å²) in [6.45, 7) is 13.7. The first-order valence-electron chi connectivity index (χ1n) is 21.8. The number of likely N-dealkylation sites (tertiary alicyclic amines) is 2. The molecule has 0 radical (unpaired) electrons. The van der Waals surface area contributed by atoms with Crippen LogP contribution < -0.4 is 16.0 Å². The Kier molecular flexibility index (Phi) is 22.6. The van der Waals surface area contributed by atoms with E-state index in [1.807, 2.05) is 13.8 Å². The first-order valence-corrected chi connectivity index (χ1v) is 21.8. The number of carboxylic acid groups (broad SMARTS) is 1. The Hall–Kier alpha value is -4.01. The molecule has 5 unspecified atom stereocenters. The molecule has 2 heterocycles. The van der Waals surface area contributed by atoms with Crippen molar-refractivity contribution < 1.29 is 43.8 Å². The van der Waals surface area contributed by atoms with Gasteiger partial charge in [0, 0.05) is 33.0 Å². The van der Waals surface area contributed by atoms with E-state index in [0.29, 0.717) is 38.6 Å². The predicted octanol–water partition coefficient (Wildman–Crippen LogP) is 4.27. The second-order valence-electron chi connectivity index (χ2n) is 17.0. The monoisotopic (exact) mass is 819 g/mol. The molecular formula is C43H74N6O9. The number of carbonyl (C=O) groups is 7. The molecule has 0 saturated carbocycles. The lowest BCUT2D eigenvalue weighted by Gasteiger charge is -2.31. The van der Waals surface area contributed by atoms with E-state index in [2.05, 4.69) is 36.4 Å². The van der Waals surface area contributed by atoms with Crippen molar-refractivity contribution in [3.63, 3.8) is 0 Å². The number of amides is 6. The number of nitrogens with one attached hydrogen (secondary N) is 3. The van der Waals surface area contributed by atoms with Gasteiger partial charge in [-0.3, -0.25) is 33.6 Å². The second-order valence-corrected chi connectivity index (χ2v) is 17.0. The topological polar surface area (TPSA) is 206 Å². The zero-order valence-corrected chi connectivity index (χ0v) is 36.2. The Morgan fingerprint density at radius 1 is 0.741 bits per heavy atom. The van der Waals surface area contributed by atoms with Crippen molar-refractivity contribution in [1.29, 1.82) is 0 Å². The number of nitrogens with zero attached hydrogens (tertiary/aromatic N) is 3. The van der Waals surface area contributed by atoms with Crippen LogP contribution in [0.25, 0.3) is 0 Å². The predicted molar refractivity (Wildman–Crippen MR) is 222 cm³/mol. The molecule has 58 heavy (non-hydrogen) atoms. The highest BCUT2D eigenvalue weighted by Crippen LogP contribution is 2.22. The average molecular weight is 819 g/mol. The molecule has 6 amide bonds. The smallest absolute Gasteiger partial charge is 0.303 e. The van der Waals surface area contributed by atoms with Gasteiger partial charge in [0.05, 0.1) is 18.3 Å². The van der Waals surface area contributed by atoms with Crippen molar-refractivity contribution in [2.24, 2.45) is 11.8 Å². The SMILES string of the molecule is C=C(NC(=O)C(C(C)C)N(C)C(=O)CCCCCCCCCCCCC(C)C)C(=O)N1CCCC1C(=O)NC(C)C(=O)NC(CCC(=O)O)C(=O)N1CCCC1CO. The van der Waals surface area contributed by atoms with Gasteiger partial charge in [-0.25, -0.2) is 0 Å². The van der Waals surface area contributed by atoms with Crippen LogP contribution >= 0.6 is 0 Å². The first-order chi connectivity index (χ1) is 27.5. The van der Waals surface area contributed by atoms with Crippen LogP contribution in [0.2, 0.25) is 0 Å². The van der Waals surface area contributed by atoms with E-state index in [1.165, 1.54) is 66.6 Å². The van der Waals surface area contributed by atoms with Crippen molar-refractivity contribution in [3.8, 4) is 0 Å². The molecule has 0 aromatic rings. The van der Waals surface area contributed by atoms with E-state index in [4.69, 9.17) is 0 Å². The Balaban J connectivity index is 1.87. The molecule has 0 aromatic heterocycles. The number of carboxylic acids is 1. The van der Waals surface area contributed by atoms with E-state index in [0.717, 1.165) is 31.6 Å². The number of carbonyl (C=O) groups excluding carboxylic acids is 6. The van der Waals surface area contributed by atoms with E-state index in [1.54, 1.807) is 7.05 Å². The van der Waals surface area contributed by atoms with Crippen LogP contribution in [0.3, 0.4) is 0 Å². The summed E-state index contributed by atoms with van der Waals surface area (Å²) in [5.41, 5.74) is -0.236. The Morgan fingerprint density at radius 2 is 1.31 bits per heavy atom. The second kappa shape index (κ2) is 26.2. The number of hydrogen-bond donors (Lipinski definition) is 5. The molecule has 2 aliphatic rings. The number of aliphatic hydroxyl groups is 1. The third-order valence-corrected chi connectivity index (χ3v) is 11.4. The fourth-order valence-corrected chi connectivity index (χ4v) is 7.95. The zero-order chi connectivity index (χ0) is 43.4. The minimum Gasteiger partial charge on any atom is -0.481 e. The van der Waals surface area contributed by atoms with Crippen LogP contribution in [0.5, 0.6) is 0 Å². The fourth-order valence-electron chi connectivity index (χ4n) is 7.95. The molecule has 2 fully saturated rings. The van der Waals surface area contributed by atoms with Gasteiger partial charge in [0.1, 0.15) is 24.2 Å². The maximum Gasteiger partial charge on any atom is 0.303 e. The number of aliphatic carboxylic acids is 1. The maximum atomic E-state index is 13.5. The van der Waals surface area contributed by atoms with Gasteiger partial charge in [-0.1, -0.05) is 98.5 Å². The van der Waals surface area contributed by atoms with Crippen LogP contribution in [0, 0.1) is 11.8 Å². The summed E-state index contributed by atoms with van der Waals surface area (Å²) in [4.78, 5) is 95.5. The van der Waals surface area contributed by atoms with Crippen molar-refractivity contribution in [1.82, 2.24) is 30.7 Å². The summed E-state index contributed by atoms with van der Waals surface area (Å²) < 4.78 is 0. The van der Waals surface area contributed by atoms with Gasteiger partial charge >= 0.3 is 5.97 Å². The van der Waals surface area contributed by atoms with Crippen LogP contribution in [0.15, 0.2) is 12.3 Å². The number of unbranched alkanes of at least 4 members (excludes halogenated alkanes) is 9. The summed E-state index contributed by atoms with van der Waals surface area (Å²) in [6, 6.07) is -4.53. The number of hydrogen-bond acceptors (Lipinski definition) is 8.